The van der Waals surface area contributed by atoms with Crippen LogP contribution >= 0.6 is 15.9 Å². The van der Waals surface area contributed by atoms with E-state index in [2.05, 4.69) is 14.6 Å². The number of hydrogen-bond acceptors (Lipinski definition) is 4. The van der Waals surface area contributed by atoms with E-state index in [0.29, 0.717) is 0 Å². The number of esters is 1. The monoisotopic (exact) mass is 284 g/mol. The van der Waals surface area contributed by atoms with Crippen LogP contribution in [0.2, 0.25) is 0 Å². The van der Waals surface area contributed by atoms with Gasteiger partial charge in [0.2, 0.25) is 5.88 Å². The number of halogens is 3. The lowest BCUT2D eigenvalue weighted by molar-refractivity contribution is -0.0833. The van der Waals surface area contributed by atoms with Crippen LogP contribution in [0, 0.1) is 0 Å². The van der Waals surface area contributed by atoms with E-state index in [-0.39, 0.29) is 11.6 Å². The van der Waals surface area contributed by atoms with Crippen LogP contribution in [-0.2, 0) is 11.8 Å². The Bertz CT molecular complexity index is 375. The molecular weight excluding hydrogens is 278 g/mol. The Balaban J connectivity index is 2.91. The fourth-order valence-electron chi connectivity index (χ4n) is 0.905. The van der Waals surface area contributed by atoms with Crippen molar-refractivity contribution >= 4 is 21.9 Å². The standard InChI is InChI=1S/C7H7BrF2N2O3/c1-12-4(6(13)14-2)3-5(11-12)15-7(8,9)10/h3H,1-2H3. The maximum atomic E-state index is 12.4. The highest BCUT2D eigenvalue weighted by atomic mass is 79.9. The summed E-state index contributed by atoms with van der Waals surface area (Å²) in [5.41, 5.74) is 0.0178. The number of rotatable bonds is 3. The van der Waals surface area contributed by atoms with E-state index in [1.165, 1.54) is 14.2 Å². The summed E-state index contributed by atoms with van der Waals surface area (Å²) in [7, 11) is 2.58. The second kappa shape index (κ2) is 4.13. The molecule has 0 atom stereocenters. The zero-order valence-electron chi connectivity index (χ0n) is 7.83. The summed E-state index contributed by atoms with van der Waals surface area (Å²) in [6, 6.07) is 1.06. The molecule has 0 fully saturated rings. The minimum Gasteiger partial charge on any atom is -0.464 e. The molecule has 0 spiro atoms. The van der Waals surface area contributed by atoms with Crippen molar-refractivity contribution in [1.82, 2.24) is 9.78 Å². The van der Waals surface area contributed by atoms with E-state index in [1.54, 1.807) is 0 Å². The first-order valence-corrected chi connectivity index (χ1v) is 4.51. The van der Waals surface area contributed by atoms with E-state index >= 15 is 0 Å². The molecule has 5 nitrogen and oxygen atoms in total. The van der Waals surface area contributed by atoms with Crippen LogP contribution in [0.25, 0.3) is 0 Å². The Hall–Kier alpha value is -1.18. The SMILES string of the molecule is COC(=O)c1cc(OC(F)(F)Br)nn1C. The summed E-state index contributed by atoms with van der Waals surface area (Å²) in [4.78, 5) is 11.1. The molecule has 0 aliphatic heterocycles. The predicted molar refractivity (Wildman–Crippen MR) is 49.0 cm³/mol. The molecular formula is C7H7BrF2N2O3. The van der Waals surface area contributed by atoms with Gasteiger partial charge in [0.1, 0.15) is 5.69 Å². The van der Waals surface area contributed by atoms with Crippen LogP contribution in [0.15, 0.2) is 6.07 Å². The van der Waals surface area contributed by atoms with Gasteiger partial charge >= 0.3 is 11.0 Å². The molecule has 0 aromatic carbocycles. The molecule has 0 radical (unpaired) electrons. The molecule has 15 heavy (non-hydrogen) atoms. The number of alkyl halides is 3. The Labute approximate surface area is 92.1 Å². The lowest BCUT2D eigenvalue weighted by Crippen LogP contribution is -2.15. The van der Waals surface area contributed by atoms with Crippen molar-refractivity contribution in [2.24, 2.45) is 7.05 Å². The number of methoxy groups -OCH3 is 1. The van der Waals surface area contributed by atoms with Gasteiger partial charge in [0, 0.05) is 29.0 Å². The van der Waals surface area contributed by atoms with E-state index in [9.17, 15) is 13.6 Å². The van der Waals surface area contributed by atoms with Crippen molar-refractivity contribution in [2.45, 2.75) is 5.02 Å². The van der Waals surface area contributed by atoms with Crippen molar-refractivity contribution in [2.75, 3.05) is 7.11 Å². The highest BCUT2D eigenvalue weighted by molar-refractivity contribution is 9.09. The Kier molecular flexibility index (Phi) is 3.28. The number of carbonyl (C=O) groups excluding carboxylic acids is 1. The highest BCUT2D eigenvalue weighted by Gasteiger charge is 2.28. The molecule has 1 aromatic rings. The van der Waals surface area contributed by atoms with E-state index in [4.69, 9.17) is 0 Å². The third kappa shape index (κ3) is 3.15. The smallest absolute Gasteiger partial charge is 0.460 e. The van der Waals surface area contributed by atoms with Crippen LogP contribution in [0.5, 0.6) is 5.88 Å². The summed E-state index contributed by atoms with van der Waals surface area (Å²) in [6.07, 6.45) is 0. The average Bonchev–Trinajstić information content (AvgIpc) is 2.42. The Morgan fingerprint density at radius 1 is 1.67 bits per heavy atom. The largest absolute Gasteiger partial charge is 0.464 e. The van der Waals surface area contributed by atoms with Gasteiger partial charge in [-0.15, -0.1) is 5.10 Å². The van der Waals surface area contributed by atoms with Gasteiger partial charge in [0.15, 0.2) is 0 Å². The predicted octanol–water partition coefficient (Wildman–Crippen LogP) is 1.53. The number of hydrogen-bond donors (Lipinski definition) is 0. The van der Waals surface area contributed by atoms with Gasteiger partial charge in [0.25, 0.3) is 0 Å². The second-order valence-corrected chi connectivity index (χ2v) is 3.45. The minimum atomic E-state index is -3.52. The molecule has 0 saturated carbocycles. The third-order valence-electron chi connectivity index (χ3n) is 1.47. The minimum absolute atomic E-state index is 0.0178. The maximum Gasteiger partial charge on any atom is 0.460 e. The fraction of sp³-hybridized carbons (Fsp3) is 0.429. The van der Waals surface area contributed by atoms with Crippen molar-refractivity contribution in [3.8, 4) is 5.88 Å². The number of ether oxygens (including phenoxy) is 2. The Morgan fingerprint density at radius 2 is 2.27 bits per heavy atom. The first-order chi connectivity index (χ1) is 6.83. The van der Waals surface area contributed by atoms with Crippen molar-refractivity contribution in [3.63, 3.8) is 0 Å². The number of aryl methyl sites for hydroxylation is 1. The molecule has 0 saturated heterocycles. The number of aromatic nitrogens is 2. The van der Waals surface area contributed by atoms with Crippen LogP contribution in [0.1, 0.15) is 10.5 Å². The van der Waals surface area contributed by atoms with Crippen LogP contribution in [0.4, 0.5) is 8.78 Å². The zero-order valence-corrected chi connectivity index (χ0v) is 9.42. The van der Waals surface area contributed by atoms with Gasteiger partial charge in [0.05, 0.1) is 7.11 Å². The van der Waals surface area contributed by atoms with Gasteiger partial charge in [-0.3, -0.25) is 4.68 Å². The van der Waals surface area contributed by atoms with Crippen LogP contribution < -0.4 is 4.74 Å². The lowest BCUT2D eigenvalue weighted by Gasteiger charge is -2.06. The molecule has 0 N–H and O–H groups in total. The van der Waals surface area contributed by atoms with Gasteiger partial charge in [-0.05, 0) is 0 Å². The molecule has 8 heteroatoms. The van der Waals surface area contributed by atoms with Crippen LogP contribution in [0.3, 0.4) is 0 Å². The third-order valence-corrected chi connectivity index (χ3v) is 1.63. The van der Waals surface area contributed by atoms with Crippen molar-refractivity contribution < 1.29 is 23.0 Å². The molecule has 0 amide bonds. The molecule has 1 aromatic heterocycles. The second-order valence-electron chi connectivity index (χ2n) is 2.53. The summed E-state index contributed by atoms with van der Waals surface area (Å²) in [6.45, 7) is 0. The summed E-state index contributed by atoms with van der Waals surface area (Å²) >= 11 is 1.98. The normalized spacial score (nSPS) is 11.3. The molecule has 1 heterocycles. The molecule has 84 valence electrons. The van der Waals surface area contributed by atoms with Gasteiger partial charge in [-0.25, -0.2) is 4.79 Å². The molecule has 0 aliphatic rings. The topological polar surface area (TPSA) is 53.4 Å². The van der Waals surface area contributed by atoms with E-state index in [1.807, 2.05) is 15.9 Å². The van der Waals surface area contributed by atoms with Gasteiger partial charge in [-0.2, -0.15) is 8.78 Å². The first kappa shape index (κ1) is 11.9. The highest BCUT2D eigenvalue weighted by Crippen LogP contribution is 2.26. The molecule has 0 unspecified atom stereocenters. The van der Waals surface area contributed by atoms with E-state index < -0.39 is 11.0 Å². The van der Waals surface area contributed by atoms with Crippen molar-refractivity contribution in [1.29, 1.82) is 0 Å². The summed E-state index contributed by atoms with van der Waals surface area (Å²) in [5.74, 6) is -1.06. The van der Waals surface area contributed by atoms with E-state index in [0.717, 1.165) is 10.7 Å². The summed E-state index contributed by atoms with van der Waals surface area (Å²) in [5, 5.41) is 0.0295. The Morgan fingerprint density at radius 3 is 2.73 bits per heavy atom. The zero-order chi connectivity index (χ0) is 11.6. The quantitative estimate of drug-likeness (QED) is 0.624. The summed E-state index contributed by atoms with van der Waals surface area (Å²) < 4.78 is 34.3. The number of carbonyl (C=O) groups is 1. The average molecular weight is 285 g/mol. The molecule has 1 rings (SSSR count). The molecule has 0 bridgehead atoms. The van der Waals surface area contributed by atoms with Crippen LogP contribution in [-0.4, -0.2) is 27.9 Å². The van der Waals surface area contributed by atoms with Gasteiger partial charge < -0.3 is 9.47 Å². The van der Waals surface area contributed by atoms with Gasteiger partial charge in [-0.1, -0.05) is 0 Å². The fourth-order valence-corrected chi connectivity index (χ4v) is 1.07. The first-order valence-electron chi connectivity index (χ1n) is 3.71. The number of nitrogens with zero attached hydrogens (tertiary/aromatic N) is 2. The lowest BCUT2D eigenvalue weighted by atomic mass is 10.4. The molecule has 0 aliphatic carbocycles. The van der Waals surface area contributed by atoms with Crippen molar-refractivity contribution in [3.05, 3.63) is 11.8 Å². The maximum absolute atomic E-state index is 12.4.